The van der Waals surface area contributed by atoms with Crippen molar-refractivity contribution in [1.29, 1.82) is 0 Å². The summed E-state index contributed by atoms with van der Waals surface area (Å²) in [5.74, 6) is 0.312. The number of methoxy groups -OCH3 is 1. The van der Waals surface area contributed by atoms with Crippen molar-refractivity contribution < 1.29 is 23.8 Å². The van der Waals surface area contributed by atoms with Gasteiger partial charge in [0.05, 0.1) is 19.4 Å². The van der Waals surface area contributed by atoms with Gasteiger partial charge >= 0.3 is 12.1 Å². The lowest BCUT2D eigenvalue weighted by Crippen LogP contribution is -2.33. The van der Waals surface area contributed by atoms with Gasteiger partial charge in [0.25, 0.3) is 0 Å². The molecule has 1 amide bonds. The zero-order valence-electron chi connectivity index (χ0n) is 17.7. The first-order valence-electron chi connectivity index (χ1n) is 9.59. The molecule has 0 fully saturated rings. The van der Waals surface area contributed by atoms with E-state index in [1.165, 1.54) is 0 Å². The Morgan fingerprint density at radius 1 is 1.17 bits per heavy atom. The zero-order chi connectivity index (χ0) is 21.4. The highest BCUT2D eigenvalue weighted by atomic mass is 16.6. The first-order valence-corrected chi connectivity index (χ1v) is 9.59. The molecule has 0 saturated carbocycles. The minimum atomic E-state index is -0.545. The summed E-state index contributed by atoms with van der Waals surface area (Å²) in [5.41, 5.74) is 1.35. The molecule has 2 aromatic rings. The Kier molecular flexibility index (Phi) is 7.64. The molecule has 1 N–H and O–H groups in total. The van der Waals surface area contributed by atoms with E-state index in [1.807, 2.05) is 45.0 Å². The fraction of sp³-hybridized carbons (Fsp3) is 0.476. The molecule has 29 heavy (non-hydrogen) atoms. The summed E-state index contributed by atoms with van der Waals surface area (Å²) < 4.78 is 17.1. The van der Waals surface area contributed by atoms with E-state index in [0.29, 0.717) is 30.9 Å². The number of alkyl carbamates (subject to hydrolysis) is 1. The average Bonchev–Trinajstić information content (AvgIpc) is 3.08. The van der Waals surface area contributed by atoms with Gasteiger partial charge in [0.1, 0.15) is 17.0 Å². The number of nitrogens with one attached hydrogen (secondary N) is 1. The van der Waals surface area contributed by atoms with Gasteiger partial charge in [0, 0.05) is 18.7 Å². The monoisotopic (exact) mass is 403 g/mol. The molecule has 0 aliphatic rings. The van der Waals surface area contributed by atoms with Crippen molar-refractivity contribution in [2.75, 3.05) is 20.3 Å². The van der Waals surface area contributed by atoms with Crippen molar-refractivity contribution in [1.82, 2.24) is 15.1 Å². The maximum atomic E-state index is 12.3. The van der Waals surface area contributed by atoms with Crippen LogP contribution in [0.3, 0.4) is 0 Å². The topological polar surface area (TPSA) is 91.7 Å². The molecule has 0 saturated heterocycles. The molecule has 8 nitrogen and oxygen atoms in total. The highest BCUT2D eigenvalue weighted by molar-refractivity contribution is 5.89. The van der Waals surface area contributed by atoms with E-state index in [0.717, 1.165) is 11.3 Å². The van der Waals surface area contributed by atoms with Crippen molar-refractivity contribution in [3.8, 4) is 17.0 Å². The number of benzene rings is 1. The third-order valence-electron chi connectivity index (χ3n) is 3.87. The number of hydrogen-bond acceptors (Lipinski definition) is 6. The second kappa shape index (κ2) is 9.95. The van der Waals surface area contributed by atoms with Crippen LogP contribution in [0, 0.1) is 0 Å². The van der Waals surface area contributed by atoms with Gasteiger partial charge in [-0.15, -0.1) is 0 Å². The molecular weight excluding hydrogens is 374 g/mol. The summed E-state index contributed by atoms with van der Waals surface area (Å²) in [7, 11) is 1.61. The van der Waals surface area contributed by atoms with Crippen LogP contribution in [0.15, 0.2) is 30.3 Å². The van der Waals surface area contributed by atoms with E-state index in [9.17, 15) is 9.59 Å². The lowest BCUT2D eigenvalue weighted by molar-refractivity contribution is 0.0501. The van der Waals surface area contributed by atoms with Gasteiger partial charge < -0.3 is 19.5 Å². The molecular formula is C21H29N3O5. The Labute approximate surface area is 171 Å². The molecule has 8 heteroatoms. The van der Waals surface area contributed by atoms with Crippen molar-refractivity contribution in [3.63, 3.8) is 0 Å². The number of ether oxygens (including phenoxy) is 3. The molecule has 0 aliphatic carbocycles. The summed E-state index contributed by atoms with van der Waals surface area (Å²) in [6, 6.07) is 9.14. The van der Waals surface area contributed by atoms with Crippen LogP contribution >= 0.6 is 0 Å². The van der Waals surface area contributed by atoms with E-state index in [-0.39, 0.29) is 6.61 Å². The van der Waals surface area contributed by atoms with E-state index in [2.05, 4.69) is 10.4 Å². The van der Waals surface area contributed by atoms with Crippen molar-refractivity contribution in [2.45, 2.75) is 46.3 Å². The second-order valence-electron chi connectivity index (χ2n) is 7.37. The Bertz CT molecular complexity index is 822. The third-order valence-corrected chi connectivity index (χ3v) is 3.87. The highest BCUT2D eigenvalue weighted by Crippen LogP contribution is 2.23. The van der Waals surface area contributed by atoms with Crippen LogP contribution in [0.1, 0.15) is 44.6 Å². The molecule has 0 atom stereocenters. The summed E-state index contributed by atoms with van der Waals surface area (Å²) in [5, 5.41) is 7.25. The van der Waals surface area contributed by atoms with Crippen LogP contribution in [0.2, 0.25) is 0 Å². The Balaban J connectivity index is 2.07. The van der Waals surface area contributed by atoms with Gasteiger partial charge in [-0.1, -0.05) is 0 Å². The normalized spacial score (nSPS) is 11.1. The number of rotatable bonds is 8. The largest absolute Gasteiger partial charge is 0.497 e. The number of esters is 1. The summed E-state index contributed by atoms with van der Waals surface area (Å²) >= 11 is 0. The smallest absolute Gasteiger partial charge is 0.407 e. The van der Waals surface area contributed by atoms with Gasteiger partial charge in [-0.3, -0.25) is 4.68 Å². The predicted octanol–water partition coefficient (Wildman–Crippen LogP) is 3.65. The Hall–Kier alpha value is -3.03. The van der Waals surface area contributed by atoms with Crippen LogP contribution in [0.5, 0.6) is 5.75 Å². The molecule has 0 aliphatic heterocycles. The molecule has 1 aromatic carbocycles. The predicted molar refractivity (Wildman–Crippen MR) is 109 cm³/mol. The molecule has 0 radical (unpaired) electrons. The summed E-state index contributed by atoms with van der Waals surface area (Å²) in [4.78, 5) is 24.0. The van der Waals surface area contributed by atoms with Crippen LogP contribution < -0.4 is 10.1 Å². The molecule has 0 bridgehead atoms. The number of aryl methyl sites for hydroxylation is 1. The standard InChI is InChI=1S/C21H29N3O5/c1-6-28-19(25)18-14-17(15-8-10-16(27-5)11-9-15)23-24(18)13-7-12-22-20(26)29-21(2,3)4/h8-11,14H,6-7,12-13H2,1-5H3,(H,22,26). The lowest BCUT2D eigenvalue weighted by atomic mass is 10.1. The number of amides is 1. The number of nitrogens with zero attached hydrogens (tertiary/aromatic N) is 2. The van der Waals surface area contributed by atoms with Gasteiger partial charge in [-0.25, -0.2) is 9.59 Å². The maximum absolute atomic E-state index is 12.3. The quantitative estimate of drug-likeness (QED) is 0.534. The first kappa shape index (κ1) is 22.3. The first-order chi connectivity index (χ1) is 13.7. The van der Waals surface area contributed by atoms with Gasteiger partial charge in [-0.2, -0.15) is 5.10 Å². The molecule has 1 aromatic heterocycles. The van der Waals surface area contributed by atoms with E-state index >= 15 is 0 Å². The summed E-state index contributed by atoms with van der Waals surface area (Å²) in [6.45, 7) is 8.30. The Morgan fingerprint density at radius 3 is 2.45 bits per heavy atom. The lowest BCUT2D eigenvalue weighted by Gasteiger charge is -2.19. The number of hydrogen-bond donors (Lipinski definition) is 1. The summed E-state index contributed by atoms with van der Waals surface area (Å²) in [6.07, 6.45) is 0.109. The Morgan fingerprint density at radius 2 is 1.86 bits per heavy atom. The van der Waals surface area contributed by atoms with Crippen LogP contribution in [0.25, 0.3) is 11.3 Å². The van der Waals surface area contributed by atoms with E-state index in [4.69, 9.17) is 14.2 Å². The highest BCUT2D eigenvalue weighted by Gasteiger charge is 2.18. The number of aromatic nitrogens is 2. The van der Waals surface area contributed by atoms with Crippen molar-refractivity contribution >= 4 is 12.1 Å². The SMILES string of the molecule is CCOC(=O)c1cc(-c2ccc(OC)cc2)nn1CCCNC(=O)OC(C)(C)C. The van der Waals surface area contributed by atoms with Gasteiger partial charge in [0.15, 0.2) is 0 Å². The maximum Gasteiger partial charge on any atom is 0.407 e. The van der Waals surface area contributed by atoms with Crippen molar-refractivity contribution in [2.24, 2.45) is 0 Å². The second-order valence-corrected chi connectivity index (χ2v) is 7.37. The molecule has 0 spiro atoms. The molecule has 158 valence electrons. The third kappa shape index (κ3) is 6.81. The van der Waals surface area contributed by atoms with Gasteiger partial charge in [-0.05, 0) is 64.4 Å². The van der Waals surface area contributed by atoms with E-state index < -0.39 is 17.7 Å². The zero-order valence-corrected chi connectivity index (χ0v) is 17.7. The van der Waals surface area contributed by atoms with Gasteiger partial charge in [0.2, 0.25) is 0 Å². The number of carbonyl (C=O) groups excluding carboxylic acids is 2. The van der Waals surface area contributed by atoms with Crippen molar-refractivity contribution in [3.05, 3.63) is 36.0 Å². The fourth-order valence-corrected chi connectivity index (χ4v) is 2.59. The van der Waals surface area contributed by atoms with Crippen LogP contribution in [0.4, 0.5) is 4.79 Å². The average molecular weight is 403 g/mol. The minimum absolute atomic E-state index is 0.280. The minimum Gasteiger partial charge on any atom is -0.497 e. The fourth-order valence-electron chi connectivity index (χ4n) is 2.59. The van der Waals surface area contributed by atoms with Crippen LogP contribution in [-0.2, 0) is 16.0 Å². The number of carbonyl (C=O) groups is 2. The molecule has 0 unspecified atom stereocenters. The van der Waals surface area contributed by atoms with E-state index in [1.54, 1.807) is 24.8 Å². The van der Waals surface area contributed by atoms with Crippen LogP contribution in [-0.4, -0.2) is 47.7 Å². The molecule has 1 heterocycles. The molecule has 2 rings (SSSR count).